The quantitative estimate of drug-likeness (QED) is 0.801. The van der Waals surface area contributed by atoms with Crippen molar-refractivity contribution in [2.75, 3.05) is 6.54 Å². The van der Waals surface area contributed by atoms with E-state index in [1.54, 1.807) is 18.2 Å². The summed E-state index contributed by atoms with van der Waals surface area (Å²) in [5.41, 5.74) is 0.890. The van der Waals surface area contributed by atoms with E-state index in [4.69, 9.17) is 4.52 Å². The van der Waals surface area contributed by atoms with E-state index in [2.05, 4.69) is 10.1 Å². The Balaban J connectivity index is 1.65. The predicted molar refractivity (Wildman–Crippen MR) is 91.8 cm³/mol. The first-order chi connectivity index (χ1) is 11.5. The number of nitrogens with zero attached hydrogens (tertiary/aromatic N) is 3. The minimum absolute atomic E-state index is 0.0380. The van der Waals surface area contributed by atoms with E-state index in [0.29, 0.717) is 24.7 Å². The van der Waals surface area contributed by atoms with Gasteiger partial charge in [0.25, 0.3) is 5.89 Å². The van der Waals surface area contributed by atoms with Crippen LogP contribution in [0, 0.1) is 0 Å². The van der Waals surface area contributed by atoms with Crippen molar-refractivity contribution in [3.05, 3.63) is 36.2 Å². The number of benzene rings is 1. The minimum atomic E-state index is -3.20. The highest BCUT2D eigenvalue weighted by molar-refractivity contribution is 7.89. The molecule has 0 radical (unpaired) electrons. The molecule has 0 spiro atoms. The summed E-state index contributed by atoms with van der Waals surface area (Å²) in [5, 5.41) is 3.64. The van der Waals surface area contributed by atoms with Gasteiger partial charge >= 0.3 is 0 Å². The van der Waals surface area contributed by atoms with Crippen molar-refractivity contribution in [2.45, 2.75) is 50.8 Å². The molecule has 2 aromatic rings. The lowest BCUT2D eigenvalue weighted by Crippen LogP contribution is -2.40. The van der Waals surface area contributed by atoms with Gasteiger partial charge in [-0.05, 0) is 45.2 Å². The fraction of sp³-hybridized carbons (Fsp3) is 0.529. The van der Waals surface area contributed by atoms with E-state index in [0.717, 1.165) is 24.8 Å². The van der Waals surface area contributed by atoms with Crippen LogP contribution in [0.1, 0.15) is 38.9 Å². The Morgan fingerprint density at radius 3 is 2.75 bits per heavy atom. The van der Waals surface area contributed by atoms with Crippen molar-refractivity contribution in [1.82, 2.24) is 14.4 Å². The van der Waals surface area contributed by atoms with Crippen molar-refractivity contribution in [2.24, 2.45) is 0 Å². The average Bonchev–Trinajstić information content (AvgIpc) is 3.23. The van der Waals surface area contributed by atoms with Crippen LogP contribution in [0.5, 0.6) is 0 Å². The van der Waals surface area contributed by atoms with Gasteiger partial charge in [0.05, 0.1) is 5.25 Å². The first-order valence-corrected chi connectivity index (χ1v) is 9.87. The normalized spacial score (nSPS) is 19.2. The average molecular weight is 349 g/mol. The molecule has 0 amide bonds. The summed E-state index contributed by atoms with van der Waals surface area (Å²) in [7, 11) is -3.20. The van der Waals surface area contributed by atoms with Gasteiger partial charge in [0.1, 0.15) is 0 Å². The maximum absolute atomic E-state index is 12.4. The van der Waals surface area contributed by atoms with E-state index < -0.39 is 10.0 Å². The van der Waals surface area contributed by atoms with Crippen molar-refractivity contribution in [3.63, 3.8) is 0 Å². The fourth-order valence-corrected chi connectivity index (χ4v) is 4.60. The van der Waals surface area contributed by atoms with Crippen molar-refractivity contribution in [3.8, 4) is 11.5 Å². The maximum atomic E-state index is 12.4. The summed E-state index contributed by atoms with van der Waals surface area (Å²) in [6.45, 7) is 4.08. The van der Waals surface area contributed by atoms with Gasteiger partial charge in [0.2, 0.25) is 10.0 Å². The van der Waals surface area contributed by atoms with Crippen LogP contribution in [0.15, 0.2) is 34.9 Å². The zero-order valence-corrected chi connectivity index (χ0v) is 14.9. The molecule has 0 aliphatic carbocycles. The van der Waals surface area contributed by atoms with Gasteiger partial charge in [-0.25, -0.2) is 8.42 Å². The molecule has 6 nitrogen and oxygen atoms in total. The van der Waals surface area contributed by atoms with Gasteiger partial charge in [-0.1, -0.05) is 23.4 Å². The lowest BCUT2D eigenvalue weighted by atomic mass is 10.1. The van der Waals surface area contributed by atoms with Gasteiger partial charge in [0, 0.05) is 24.6 Å². The van der Waals surface area contributed by atoms with Gasteiger partial charge in [-0.15, -0.1) is 0 Å². The van der Waals surface area contributed by atoms with Crippen LogP contribution in [0.3, 0.4) is 0 Å². The molecule has 24 heavy (non-hydrogen) atoms. The highest BCUT2D eigenvalue weighted by atomic mass is 32.2. The van der Waals surface area contributed by atoms with Crippen LogP contribution >= 0.6 is 0 Å². The molecule has 7 heteroatoms. The summed E-state index contributed by atoms with van der Waals surface area (Å²) in [5.74, 6) is 1.13. The fourth-order valence-electron chi connectivity index (χ4n) is 3.05. The zero-order chi connectivity index (χ0) is 17.2. The molecule has 1 atom stereocenters. The Hall–Kier alpha value is -1.73. The SMILES string of the molecule is CC(C)S(=O)(=O)N1CCCC1CCc1noc(-c2ccccc2)n1. The van der Waals surface area contributed by atoms with E-state index in [1.807, 2.05) is 30.3 Å². The molecule has 1 aliphatic heterocycles. The molecule has 1 aromatic carbocycles. The molecule has 1 aliphatic rings. The monoisotopic (exact) mass is 349 g/mol. The van der Waals surface area contributed by atoms with Gasteiger partial charge in [-0.3, -0.25) is 0 Å². The second kappa shape index (κ2) is 7.03. The summed E-state index contributed by atoms with van der Waals surface area (Å²) in [6, 6.07) is 9.66. The number of hydrogen-bond donors (Lipinski definition) is 0. The van der Waals surface area contributed by atoms with Crippen LogP contribution in [0.25, 0.3) is 11.5 Å². The molecule has 1 aromatic heterocycles. The van der Waals surface area contributed by atoms with E-state index in [1.165, 1.54) is 0 Å². The highest BCUT2D eigenvalue weighted by Gasteiger charge is 2.35. The lowest BCUT2D eigenvalue weighted by Gasteiger charge is -2.25. The van der Waals surface area contributed by atoms with Crippen LogP contribution < -0.4 is 0 Å². The first kappa shape index (κ1) is 17.1. The number of aromatic nitrogens is 2. The third-order valence-electron chi connectivity index (χ3n) is 4.44. The van der Waals surface area contributed by atoms with E-state index in [-0.39, 0.29) is 11.3 Å². The summed E-state index contributed by atoms with van der Waals surface area (Å²) in [4.78, 5) is 4.42. The molecular weight excluding hydrogens is 326 g/mol. The van der Waals surface area contributed by atoms with Crippen LogP contribution in [-0.2, 0) is 16.4 Å². The Bertz CT molecular complexity index is 771. The first-order valence-electron chi connectivity index (χ1n) is 8.37. The Morgan fingerprint density at radius 2 is 2.04 bits per heavy atom. The van der Waals surface area contributed by atoms with Crippen molar-refractivity contribution < 1.29 is 12.9 Å². The number of aryl methyl sites for hydroxylation is 1. The molecule has 3 rings (SSSR count). The molecule has 0 N–H and O–H groups in total. The number of sulfonamides is 1. The number of hydrogen-bond acceptors (Lipinski definition) is 5. The van der Waals surface area contributed by atoms with E-state index in [9.17, 15) is 8.42 Å². The lowest BCUT2D eigenvalue weighted by molar-refractivity contribution is 0.361. The predicted octanol–water partition coefficient (Wildman–Crippen LogP) is 2.87. The Morgan fingerprint density at radius 1 is 1.29 bits per heavy atom. The molecule has 0 bridgehead atoms. The molecule has 2 heterocycles. The van der Waals surface area contributed by atoms with Gasteiger partial charge in [0.15, 0.2) is 5.82 Å². The summed E-state index contributed by atoms with van der Waals surface area (Å²) >= 11 is 0. The number of rotatable bonds is 6. The molecule has 1 fully saturated rings. The Kier molecular flexibility index (Phi) is 5.01. The second-order valence-corrected chi connectivity index (χ2v) is 8.86. The maximum Gasteiger partial charge on any atom is 0.257 e. The van der Waals surface area contributed by atoms with Crippen LogP contribution in [0.2, 0.25) is 0 Å². The van der Waals surface area contributed by atoms with Crippen LogP contribution in [-0.4, -0.2) is 40.7 Å². The largest absolute Gasteiger partial charge is 0.334 e. The third-order valence-corrected chi connectivity index (χ3v) is 6.76. The molecular formula is C17H23N3O3S. The second-order valence-electron chi connectivity index (χ2n) is 6.42. The van der Waals surface area contributed by atoms with Crippen LogP contribution in [0.4, 0.5) is 0 Å². The molecule has 1 saturated heterocycles. The minimum Gasteiger partial charge on any atom is -0.334 e. The third kappa shape index (κ3) is 3.52. The zero-order valence-electron chi connectivity index (χ0n) is 14.1. The topological polar surface area (TPSA) is 76.3 Å². The van der Waals surface area contributed by atoms with E-state index >= 15 is 0 Å². The van der Waals surface area contributed by atoms with Crippen molar-refractivity contribution in [1.29, 1.82) is 0 Å². The van der Waals surface area contributed by atoms with Gasteiger partial charge < -0.3 is 4.52 Å². The molecule has 130 valence electrons. The van der Waals surface area contributed by atoms with Gasteiger partial charge in [-0.2, -0.15) is 9.29 Å². The standard InChI is InChI=1S/C17H23N3O3S/c1-13(2)24(21,22)20-12-6-9-15(20)10-11-16-18-17(23-19-16)14-7-4-3-5-8-14/h3-5,7-8,13,15H,6,9-12H2,1-2H3. The van der Waals surface area contributed by atoms with Crippen molar-refractivity contribution >= 4 is 10.0 Å². The molecule has 1 unspecified atom stereocenters. The Labute approximate surface area is 142 Å². The summed E-state index contributed by atoms with van der Waals surface area (Å²) < 4.78 is 31.8. The summed E-state index contributed by atoms with van der Waals surface area (Å²) in [6.07, 6.45) is 3.15. The molecule has 0 saturated carbocycles. The highest BCUT2D eigenvalue weighted by Crippen LogP contribution is 2.27. The smallest absolute Gasteiger partial charge is 0.257 e.